The lowest BCUT2D eigenvalue weighted by Gasteiger charge is -2.24. The van der Waals surface area contributed by atoms with Crippen molar-refractivity contribution in [1.82, 2.24) is 5.32 Å². The second-order valence-electron chi connectivity index (χ2n) is 5.22. The summed E-state index contributed by atoms with van der Waals surface area (Å²) in [5, 5.41) is 2.71. The Kier molecular flexibility index (Phi) is 5.16. The summed E-state index contributed by atoms with van der Waals surface area (Å²) >= 11 is 0. The van der Waals surface area contributed by atoms with Gasteiger partial charge in [-0.05, 0) is 44.5 Å². The molecular formula is C14H21NO4S. The van der Waals surface area contributed by atoms with Crippen LogP contribution in [0, 0.1) is 0 Å². The number of carbonyl (C=O) groups excluding carboxylic acids is 1. The average molecular weight is 299 g/mol. The molecule has 5 nitrogen and oxygen atoms in total. The van der Waals surface area contributed by atoms with Gasteiger partial charge in [0.25, 0.3) is 0 Å². The first-order chi connectivity index (χ1) is 9.20. The Labute approximate surface area is 120 Å². The summed E-state index contributed by atoms with van der Waals surface area (Å²) in [5.41, 5.74) is -0.410. The molecule has 0 aliphatic heterocycles. The number of sulfone groups is 1. The number of hydrogen-bond donors (Lipinski definition) is 1. The molecule has 0 fully saturated rings. The normalized spacial score (nSPS) is 12.0. The van der Waals surface area contributed by atoms with Crippen LogP contribution in [0.1, 0.15) is 27.2 Å². The Bertz CT molecular complexity index is 561. The van der Waals surface area contributed by atoms with Crippen molar-refractivity contribution >= 4 is 15.7 Å². The molecule has 1 N–H and O–H groups in total. The molecule has 0 saturated carbocycles. The molecule has 1 amide bonds. The number of benzene rings is 1. The molecule has 112 valence electrons. The Morgan fingerprint density at radius 2 is 1.80 bits per heavy atom. The highest BCUT2D eigenvalue weighted by Gasteiger charge is 2.23. The third kappa shape index (κ3) is 4.52. The van der Waals surface area contributed by atoms with Gasteiger partial charge in [0, 0.05) is 5.54 Å². The highest BCUT2D eigenvalue weighted by atomic mass is 32.2. The van der Waals surface area contributed by atoms with Crippen molar-refractivity contribution < 1.29 is 17.9 Å². The van der Waals surface area contributed by atoms with E-state index >= 15 is 0 Å². The fourth-order valence-electron chi connectivity index (χ4n) is 1.54. The summed E-state index contributed by atoms with van der Waals surface area (Å²) in [7, 11) is -2.13. The van der Waals surface area contributed by atoms with E-state index in [0.29, 0.717) is 5.75 Å². The summed E-state index contributed by atoms with van der Waals surface area (Å²) in [6, 6.07) is 5.99. The van der Waals surface area contributed by atoms with E-state index in [1.54, 1.807) is 12.1 Å². The van der Waals surface area contributed by atoms with E-state index in [0.717, 1.165) is 6.42 Å². The molecule has 0 aliphatic rings. The summed E-state index contributed by atoms with van der Waals surface area (Å²) in [6.45, 7) is 5.63. The first kappa shape index (κ1) is 16.5. The molecule has 0 aromatic heterocycles. The molecule has 0 radical (unpaired) electrons. The second kappa shape index (κ2) is 6.26. The van der Waals surface area contributed by atoms with Crippen LogP contribution in [0.2, 0.25) is 0 Å². The fraction of sp³-hybridized carbons (Fsp3) is 0.500. The lowest BCUT2D eigenvalue weighted by atomic mass is 10.0. The molecule has 6 heteroatoms. The summed E-state index contributed by atoms with van der Waals surface area (Å²) < 4.78 is 29.2. The molecule has 20 heavy (non-hydrogen) atoms. The van der Waals surface area contributed by atoms with Crippen LogP contribution in [0.25, 0.3) is 0 Å². The molecule has 0 bridgehead atoms. The van der Waals surface area contributed by atoms with E-state index < -0.39 is 27.0 Å². The summed E-state index contributed by atoms with van der Waals surface area (Å²) in [6.07, 6.45) is 0.724. The molecule has 0 aliphatic carbocycles. The number of nitrogens with one attached hydrogen (secondary N) is 1. The number of hydrogen-bond acceptors (Lipinski definition) is 4. The van der Waals surface area contributed by atoms with Crippen molar-refractivity contribution in [2.45, 2.75) is 37.6 Å². The first-order valence-corrected chi connectivity index (χ1v) is 8.03. The van der Waals surface area contributed by atoms with Gasteiger partial charge in [-0.2, -0.15) is 0 Å². The van der Waals surface area contributed by atoms with Crippen molar-refractivity contribution in [1.29, 1.82) is 0 Å². The van der Waals surface area contributed by atoms with Gasteiger partial charge in [-0.25, -0.2) is 8.42 Å². The van der Waals surface area contributed by atoms with Crippen LogP contribution < -0.4 is 10.1 Å². The Balaban J connectivity index is 2.81. The lowest BCUT2D eigenvalue weighted by molar-refractivity contribution is -0.120. The highest BCUT2D eigenvalue weighted by Crippen LogP contribution is 2.17. The third-order valence-electron chi connectivity index (χ3n) is 3.10. The molecular weight excluding hydrogens is 278 g/mol. The Morgan fingerprint density at radius 1 is 1.25 bits per heavy atom. The van der Waals surface area contributed by atoms with Crippen LogP contribution >= 0.6 is 0 Å². The van der Waals surface area contributed by atoms with Crippen LogP contribution in [0.4, 0.5) is 0 Å². The standard InChI is InChI=1S/C14H21NO4S/c1-5-14(2,3)15-13(16)10-20(17,18)12-8-6-11(19-4)7-9-12/h6-9H,5,10H2,1-4H3,(H,15,16). The predicted molar refractivity (Wildman–Crippen MR) is 77.6 cm³/mol. The third-order valence-corrected chi connectivity index (χ3v) is 4.73. The molecule has 0 unspecified atom stereocenters. The average Bonchev–Trinajstić information content (AvgIpc) is 2.37. The fourth-order valence-corrected chi connectivity index (χ4v) is 2.68. The van der Waals surface area contributed by atoms with Gasteiger partial charge in [-0.15, -0.1) is 0 Å². The van der Waals surface area contributed by atoms with Crippen LogP contribution in [0.5, 0.6) is 5.75 Å². The number of carbonyl (C=O) groups is 1. The van der Waals surface area contributed by atoms with Gasteiger partial charge in [0.05, 0.1) is 12.0 Å². The van der Waals surface area contributed by atoms with Gasteiger partial charge < -0.3 is 10.1 Å². The maximum Gasteiger partial charge on any atom is 0.235 e. The minimum absolute atomic E-state index is 0.114. The number of rotatable bonds is 6. The number of ether oxygens (including phenoxy) is 1. The minimum atomic E-state index is -3.63. The van der Waals surface area contributed by atoms with Gasteiger partial charge in [0.2, 0.25) is 5.91 Å². The molecule has 0 saturated heterocycles. The van der Waals surface area contributed by atoms with E-state index in [1.165, 1.54) is 19.2 Å². The van der Waals surface area contributed by atoms with E-state index in [2.05, 4.69) is 5.32 Å². The zero-order chi connectivity index (χ0) is 15.4. The molecule has 0 atom stereocenters. The molecule has 0 spiro atoms. The topological polar surface area (TPSA) is 72.5 Å². The van der Waals surface area contributed by atoms with E-state index in [4.69, 9.17) is 4.74 Å². The zero-order valence-corrected chi connectivity index (χ0v) is 13.1. The van der Waals surface area contributed by atoms with Crippen LogP contribution in [0.3, 0.4) is 0 Å². The molecule has 1 aromatic carbocycles. The minimum Gasteiger partial charge on any atom is -0.497 e. The monoisotopic (exact) mass is 299 g/mol. The van der Waals surface area contributed by atoms with Crippen LogP contribution in [-0.4, -0.2) is 32.7 Å². The van der Waals surface area contributed by atoms with Gasteiger partial charge in [0.1, 0.15) is 11.5 Å². The van der Waals surface area contributed by atoms with Gasteiger partial charge in [-0.3, -0.25) is 4.79 Å². The van der Waals surface area contributed by atoms with Crippen molar-refractivity contribution in [3.05, 3.63) is 24.3 Å². The van der Waals surface area contributed by atoms with Gasteiger partial charge >= 0.3 is 0 Å². The SMILES string of the molecule is CCC(C)(C)NC(=O)CS(=O)(=O)c1ccc(OC)cc1. The number of amides is 1. The summed E-state index contributed by atoms with van der Waals surface area (Å²) in [5.74, 6) is -0.476. The van der Waals surface area contributed by atoms with Crippen molar-refractivity contribution in [3.8, 4) is 5.75 Å². The predicted octanol–water partition coefficient (Wildman–Crippen LogP) is 1.77. The highest BCUT2D eigenvalue weighted by molar-refractivity contribution is 7.92. The first-order valence-electron chi connectivity index (χ1n) is 6.38. The zero-order valence-electron chi connectivity index (χ0n) is 12.3. The maximum absolute atomic E-state index is 12.1. The van der Waals surface area contributed by atoms with E-state index in [1.807, 2.05) is 20.8 Å². The molecule has 1 aromatic rings. The van der Waals surface area contributed by atoms with Crippen molar-refractivity contribution in [3.63, 3.8) is 0 Å². The van der Waals surface area contributed by atoms with Crippen molar-refractivity contribution in [2.75, 3.05) is 12.9 Å². The Hall–Kier alpha value is -1.56. The smallest absolute Gasteiger partial charge is 0.235 e. The van der Waals surface area contributed by atoms with Gasteiger partial charge in [-0.1, -0.05) is 6.92 Å². The number of methoxy groups -OCH3 is 1. The quantitative estimate of drug-likeness (QED) is 0.869. The molecule has 1 rings (SSSR count). The Morgan fingerprint density at radius 3 is 2.25 bits per heavy atom. The van der Waals surface area contributed by atoms with Crippen LogP contribution in [0.15, 0.2) is 29.2 Å². The van der Waals surface area contributed by atoms with Gasteiger partial charge in [0.15, 0.2) is 9.84 Å². The largest absolute Gasteiger partial charge is 0.497 e. The lowest BCUT2D eigenvalue weighted by Crippen LogP contribution is -2.45. The maximum atomic E-state index is 12.1. The van der Waals surface area contributed by atoms with Crippen molar-refractivity contribution in [2.24, 2.45) is 0 Å². The second-order valence-corrected chi connectivity index (χ2v) is 7.21. The van der Waals surface area contributed by atoms with E-state index in [-0.39, 0.29) is 4.90 Å². The molecule has 0 heterocycles. The van der Waals surface area contributed by atoms with E-state index in [9.17, 15) is 13.2 Å². The van der Waals surface area contributed by atoms with Crippen LogP contribution in [-0.2, 0) is 14.6 Å². The summed E-state index contributed by atoms with van der Waals surface area (Å²) in [4.78, 5) is 11.9.